The molecule has 0 fully saturated rings. The van der Waals surface area contributed by atoms with Crippen LogP contribution in [0, 0.1) is 6.92 Å². The quantitative estimate of drug-likeness (QED) is 0.776. The molecule has 0 radical (unpaired) electrons. The van der Waals surface area contributed by atoms with Crippen molar-refractivity contribution in [2.45, 2.75) is 13.5 Å². The van der Waals surface area contributed by atoms with Gasteiger partial charge in [0.05, 0.1) is 16.7 Å². The van der Waals surface area contributed by atoms with E-state index < -0.39 is 0 Å². The smallest absolute Gasteiger partial charge is 0.215 e. The Bertz CT molecular complexity index is 787. The number of nitrogens with one attached hydrogen (secondary N) is 1. The number of imidazole rings is 2. The summed E-state index contributed by atoms with van der Waals surface area (Å²) in [7, 11) is 3.96. The van der Waals surface area contributed by atoms with Crippen LogP contribution in [0.2, 0.25) is 5.02 Å². The molecule has 6 heteroatoms. The van der Waals surface area contributed by atoms with Gasteiger partial charge in [0.2, 0.25) is 5.78 Å². The molecule has 0 saturated heterocycles. The number of fused-ring (bicyclic) bond motifs is 3. The molecule has 2 heterocycles. The van der Waals surface area contributed by atoms with Gasteiger partial charge in [-0.3, -0.25) is 4.40 Å². The van der Waals surface area contributed by atoms with Crippen molar-refractivity contribution in [1.82, 2.24) is 19.3 Å². The van der Waals surface area contributed by atoms with Crippen molar-refractivity contribution >= 4 is 44.3 Å². The summed E-state index contributed by atoms with van der Waals surface area (Å²) >= 11 is 9.84. The Balaban J connectivity index is 2.46. The maximum Gasteiger partial charge on any atom is 0.215 e. The lowest BCUT2D eigenvalue weighted by Crippen LogP contribution is -2.09. The molecular weight excluding hydrogens is 328 g/mol. The Labute approximate surface area is 124 Å². The van der Waals surface area contributed by atoms with Gasteiger partial charge in [-0.1, -0.05) is 11.6 Å². The number of hydrogen-bond donors (Lipinski definition) is 1. The number of aryl methyl sites for hydroxylation is 2. The van der Waals surface area contributed by atoms with Crippen LogP contribution in [0.15, 0.2) is 16.7 Å². The van der Waals surface area contributed by atoms with Crippen molar-refractivity contribution in [2.75, 3.05) is 7.05 Å². The molecule has 0 aliphatic carbocycles. The predicted octanol–water partition coefficient (Wildman–Crippen LogP) is 3.27. The van der Waals surface area contributed by atoms with E-state index in [1.54, 1.807) is 0 Å². The molecule has 0 aliphatic rings. The average Bonchev–Trinajstić information content (AvgIpc) is 2.82. The number of benzene rings is 1. The van der Waals surface area contributed by atoms with Crippen LogP contribution < -0.4 is 5.32 Å². The molecule has 0 aliphatic heterocycles. The lowest BCUT2D eigenvalue weighted by molar-refractivity contribution is 0.738. The second kappa shape index (κ2) is 4.51. The first-order valence-corrected chi connectivity index (χ1v) is 7.17. The van der Waals surface area contributed by atoms with Crippen molar-refractivity contribution in [3.8, 4) is 0 Å². The summed E-state index contributed by atoms with van der Waals surface area (Å²) in [6.07, 6.45) is 0. The van der Waals surface area contributed by atoms with Crippen molar-refractivity contribution in [3.05, 3.63) is 33.0 Å². The maximum absolute atomic E-state index is 6.17. The highest BCUT2D eigenvalue weighted by Gasteiger charge is 2.18. The van der Waals surface area contributed by atoms with Gasteiger partial charge in [0.15, 0.2) is 0 Å². The summed E-state index contributed by atoms with van der Waals surface area (Å²) < 4.78 is 5.21. The SMILES string of the molecule is CNCc1c(Br)n2c3cc(Cl)cc(C)c3nc2n1C. The first-order valence-electron chi connectivity index (χ1n) is 6.00. The van der Waals surface area contributed by atoms with E-state index >= 15 is 0 Å². The summed E-state index contributed by atoms with van der Waals surface area (Å²) in [5.41, 5.74) is 4.27. The third kappa shape index (κ3) is 1.80. The molecular formula is C13H14BrClN4. The van der Waals surface area contributed by atoms with Gasteiger partial charge in [0.25, 0.3) is 0 Å². The zero-order valence-corrected chi connectivity index (χ0v) is 13.3. The van der Waals surface area contributed by atoms with Gasteiger partial charge in [-0.2, -0.15) is 0 Å². The highest BCUT2D eigenvalue weighted by molar-refractivity contribution is 9.10. The summed E-state index contributed by atoms with van der Waals surface area (Å²) in [6.45, 7) is 2.81. The molecule has 1 N–H and O–H groups in total. The van der Waals surface area contributed by atoms with Crippen LogP contribution in [0.4, 0.5) is 0 Å². The van der Waals surface area contributed by atoms with Crippen molar-refractivity contribution in [2.24, 2.45) is 7.05 Å². The molecule has 4 nitrogen and oxygen atoms in total. The molecule has 0 bridgehead atoms. The van der Waals surface area contributed by atoms with E-state index in [0.717, 1.165) is 44.2 Å². The van der Waals surface area contributed by atoms with E-state index in [4.69, 9.17) is 16.6 Å². The Morgan fingerprint density at radius 2 is 2.16 bits per heavy atom. The minimum absolute atomic E-state index is 0.734. The Kier molecular flexibility index (Phi) is 3.08. The molecule has 0 unspecified atom stereocenters. The molecule has 1 aromatic carbocycles. The fourth-order valence-electron chi connectivity index (χ4n) is 2.46. The summed E-state index contributed by atoms with van der Waals surface area (Å²) in [4.78, 5) is 4.73. The molecule has 0 saturated carbocycles. The van der Waals surface area contributed by atoms with E-state index in [1.165, 1.54) is 0 Å². The monoisotopic (exact) mass is 340 g/mol. The second-order valence-electron chi connectivity index (χ2n) is 4.66. The van der Waals surface area contributed by atoms with Crippen molar-refractivity contribution in [3.63, 3.8) is 0 Å². The Morgan fingerprint density at radius 1 is 1.42 bits per heavy atom. The minimum atomic E-state index is 0.734. The van der Waals surface area contributed by atoms with Crippen molar-refractivity contribution < 1.29 is 0 Å². The molecule has 3 aromatic rings. The first kappa shape index (κ1) is 13.0. The zero-order valence-electron chi connectivity index (χ0n) is 11.0. The largest absolute Gasteiger partial charge is 0.315 e. The molecule has 0 spiro atoms. The fourth-order valence-corrected chi connectivity index (χ4v) is 3.48. The minimum Gasteiger partial charge on any atom is -0.315 e. The fraction of sp³-hybridized carbons (Fsp3) is 0.308. The van der Waals surface area contributed by atoms with Gasteiger partial charge in [-0.15, -0.1) is 0 Å². The Morgan fingerprint density at radius 3 is 2.84 bits per heavy atom. The second-order valence-corrected chi connectivity index (χ2v) is 5.85. The molecule has 19 heavy (non-hydrogen) atoms. The van der Waals surface area contributed by atoms with Crippen LogP contribution in [0.1, 0.15) is 11.3 Å². The van der Waals surface area contributed by atoms with Gasteiger partial charge in [0.1, 0.15) is 4.60 Å². The average molecular weight is 342 g/mol. The lowest BCUT2D eigenvalue weighted by Gasteiger charge is -2.02. The van der Waals surface area contributed by atoms with Crippen LogP contribution in [0.3, 0.4) is 0 Å². The molecule has 0 amide bonds. The summed E-state index contributed by atoms with van der Waals surface area (Å²) in [5.74, 6) is 0.914. The van der Waals surface area contributed by atoms with Gasteiger partial charge >= 0.3 is 0 Å². The number of nitrogens with zero attached hydrogens (tertiary/aromatic N) is 3. The van der Waals surface area contributed by atoms with E-state index in [9.17, 15) is 0 Å². The third-order valence-electron chi connectivity index (χ3n) is 3.38. The topological polar surface area (TPSA) is 34.3 Å². The first-order chi connectivity index (χ1) is 9.04. The van der Waals surface area contributed by atoms with E-state index in [-0.39, 0.29) is 0 Å². The van der Waals surface area contributed by atoms with E-state index in [2.05, 4.69) is 30.2 Å². The van der Waals surface area contributed by atoms with Crippen molar-refractivity contribution in [1.29, 1.82) is 0 Å². The number of halogens is 2. The number of hydrogen-bond acceptors (Lipinski definition) is 2. The van der Waals surface area contributed by atoms with Crippen LogP contribution in [-0.2, 0) is 13.6 Å². The van der Waals surface area contributed by atoms with Gasteiger partial charge in [-0.05, 0) is 47.6 Å². The highest BCUT2D eigenvalue weighted by atomic mass is 79.9. The van der Waals surface area contributed by atoms with E-state index in [0.29, 0.717) is 0 Å². The lowest BCUT2D eigenvalue weighted by atomic mass is 10.2. The highest BCUT2D eigenvalue weighted by Crippen LogP contribution is 2.30. The zero-order chi connectivity index (χ0) is 13.7. The normalized spacial score (nSPS) is 11.8. The molecule has 3 rings (SSSR count). The van der Waals surface area contributed by atoms with Gasteiger partial charge in [0, 0.05) is 18.6 Å². The predicted molar refractivity (Wildman–Crippen MR) is 81.9 cm³/mol. The standard InChI is InChI=1S/C13H14BrClN4/c1-7-4-8(15)5-9-11(7)17-13-18(3)10(6-16-2)12(14)19(9)13/h4-5,16H,6H2,1-3H3. The van der Waals surface area contributed by atoms with E-state index in [1.807, 2.05) is 33.2 Å². The molecule has 100 valence electrons. The van der Waals surface area contributed by atoms with Crippen LogP contribution in [0.5, 0.6) is 0 Å². The summed E-state index contributed by atoms with van der Waals surface area (Å²) in [5, 5.41) is 3.90. The maximum atomic E-state index is 6.17. The number of aromatic nitrogens is 3. The van der Waals surface area contributed by atoms with Crippen LogP contribution in [0.25, 0.3) is 16.8 Å². The van der Waals surface area contributed by atoms with Gasteiger partial charge in [-0.25, -0.2) is 4.98 Å². The van der Waals surface area contributed by atoms with Crippen LogP contribution >= 0.6 is 27.5 Å². The third-order valence-corrected chi connectivity index (χ3v) is 4.41. The number of rotatable bonds is 2. The Hall–Kier alpha value is -1.04. The summed E-state index contributed by atoms with van der Waals surface area (Å²) in [6, 6.07) is 3.90. The van der Waals surface area contributed by atoms with Crippen LogP contribution in [-0.4, -0.2) is 21.0 Å². The molecule has 2 aromatic heterocycles. The van der Waals surface area contributed by atoms with Gasteiger partial charge < -0.3 is 9.88 Å². The molecule has 0 atom stereocenters.